The monoisotopic (exact) mass is 417 g/mol. The van der Waals surface area contributed by atoms with Gasteiger partial charge in [0.05, 0.1) is 23.0 Å². The van der Waals surface area contributed by atoms with Crippen LogP contribution in [0.15, 0.2) is 85.3 Å². The molecule has 0 unspecified atom stereocenters. The fraction of sp³-hybridized carbons (Fsp3) is 0.0400. The molecule has 0 saturated heterocycles. The third-order valence-corrected chi connectivity index (χ3v) is 5.67. The van der Waals surface area contributed by atoms with Crippen molar-refractivity contribution in [1.82, 2.24) is 29.8 Å². The summed E-state index contributed by atoms with van der Waals surface area (Å²) in [6.45, 7) is 0.515. The summed E-state index contributed by atoms with van der Waals surface area (Å²) in [6, 6.07) is 22.7. The van der Waals surface area contributed by atoms with Crippen molar-refractivity contribution in [3.63, 3.8) is 0 Å². The SMILES string of the molecule is NCc1ccc(-c2nc3ccn4c(-c5cn[nH]c5)nnc4c3cc2-c2ccccc2)cc1. The number of benzene rings is 2. The standard InChI is InChI=1S/C25H19N7/c26-13-16-6-8-18(9-7-16)23-20(17-4-2-1-3-5-17)12-21-22(29-23)10-11-32-24(30-31-25(21)32)19-14-27-28-15-19/h1-12,14-15H,13,26H2,(H,27,28). The third kappa shape index (κ3) is 2.95. The van der Waals surface area contributed by atoms with Crippen LogP contribution in [0.5, 0.6) is 0 Å². The van der Waals surface area contributed by atoms with Gasteiger partial charge in [0.25, 0.3) is 0 Å². The van der Waals surface area contributed by atoms with Gasteiger partial charge < -0.3 is 5.73 Å². The van der Waals surface area contributed by atoms with E-state index in [4.69, 9.17) is 10.7 Å². The van der Waals surface area contributed by atoms with Crippen LogP contribution in [0.2, 0.25) is 0 Å². The second kappa shape index (κ2) is 7.40. The molecular weight excluding hydrogens is 398 g/mol. The van der Waals surface area contributed by atoms with Crippen LogP contribution in [-0.4, -0.2) is 29.8 Å². The maximum Gasteiger partial charge on any atom is 0.171 e. The van der Waals surface area contributed by atoms with Crippen LogP contribution in [-0.2, 0) is 6.54 Å². The van der Waals surface area contributed by atoms with Gasteiger partial charge in [-0.15, -0.1) is 10.2 Å². The lowest BCUT2D eigenvalue weighted by Gasteiger charge is -2.12. The number of rotatable bonds is 4. The molecule has 0 aliphatic heterocycles. The molecule has 32 heavy (non-hydrogen) atoms. The van der Waals surface area contributed by atoms with Crippen molar-refractivity contribution in [2.45, 2.75) is 6.54 Å². The van der Waals surface area contributed by atoms with Gasteiger partial charge in [-0.05, 0) is 23.3 Å². The van der Waals surface area contributed by atoms with Crippen LogP contribution < -0.4 is 5.73 Å². The molecule has 2 aromatic carbocycles. The number of H-pyrrole nitrogens is 1. The summed E-state index contributed by atoms with van der Waals surface area (Å²) in [4.78, 5) is 5.07. The molecule has 0 amide bonds. The minimum absolute atomic E-state index is 0.515. The van der Waals surface area contributed by atoms with E-state index in [-0.39, 0.29) is 0 Å². The molecule has 154 valence electrons. The van der Waals surface area contributed by atoms with Crippen molar-refractivity contribution in [1.29, 1.82) is 0 Å². The van der Waals surface area contributed by atoms with E-state index in [0.717, 1.165) is 55.9 Å². The molecule has 0 bridgehead atoms. The molecule has 0 spiro atoms. The molecule has 0 fully saturated rings. The minimum Gasteiger partial charge on any atom is -0.326 e. The zero-order chi connectivity index (χ0) is 21.5. The quantitative estimate of drug-likeness (QED) is 0.441. The first-order valence-electron chi connectivity index (χ1n) is 10.3. The largest absolute Gasteiger partial charge is 0.326 e. The number of nitrogens with two attached hydrogens (primary N) is 1. The molecule has 0 radical (unpaired) electrons. The number of aromatic nitrogens is 6. The first kappa shape index (κ1) is 18.4. The molecule has 7 heteroatoms. The van der Waals surface area contributed by atoms with E-state index in [0.29, 0.717) is 6.54 Å². The second-order valence-electron chi connectivity index (χ2n) is 7.60. The van der Waals surface area contributed by atoms with Gasteiger partial charge in [-0.2, -0.15) is 5.10 Å². The van der Waals surface area contributed by atoms with Crippen molar-refractivity contribution in [3.8, 4) is 33.8 Å². The fourth-order valence-electron chi connectivity index (χ4n) is 4.02. The zero-order valence-corrected chi connectivity index (χ0v) is 17.1. The molecule has 0 aliphatic rings. The minimum atomic E-state index is 0.515. The number of aromatic amines is 1. The summed E-state index contributed by atoms with van der Waals surface area (Å²) in [5.41, 5.74) is 13.5. The predicted molar refractivity (Wildman–Crippen MR) is 125 cm³/mol. The molecule has 3 N–H and O–H groups in total. The van der Waals surface area contributed by atoms with E-state index in [1.807, 2.05) is 41.1 Å². The zero-order valence-electron chi connectivity index (χ0n) is 17.1. The Morgan fingerprint density at radius 1 is 0.875 bits per heavy atom. The maximum absolute atomic E-state index is 5.79. The average Bonchev–Trinajstić information content (AvgIpc) is 3.54. The van der Waals surface area contributed by atoms with E-state index in [1.54, 1.807) is 6.20 Å². The van der Waals surface area contributed by atoms with Crippen LogP contribution in [0, 0.1) is 0 Å². The average molecular weight is 417 g/mol. The normalized spacial score (nSPS) is 11.4. The van der Waals surface area contributed by atoms with Gasteiger partial charge in [0, 0.05) is 35.5 Å². The highest BCUT2D eigenvalue weighted by Crippen LogP contribution is 2.35. The van der Waals surface area contributed by atoms with Gasteiger partial charge in [0.15, 0.2) is 11.5 Å². The first-order valence-corrected chi connectivity index (χ1v) is 10.3. The number of fused-ring (bicyclic) bond motifs is 3. The van der Waals surface area contributed by atoms with E-state index in [1.165, 1.54) is 0 Å². The highest BCUT2D eigenvalue weighted by molar-refractivity contribution is 5.98. The summed E-state index contributed by atoms with van der Waals surface area (Å²) in [5.74, 6) is 0.735. The molecule has 0 saturated carbocycles. The Morgan fingerprint density at radius 3 is 2.47 bits per heavy atom. The molecule has 4 heterocycles. The lowest BCUT2D eigenvalue weighted by molar-refractivity contribution is 1.07. The summed E-state index contributed by atoms with van der Waals surface area (Å²) < 4.78 is 1.97. The molecule has 0 aliphatic carbocycles. The van der Waals surface area contributed by atoms with E-state index in [9.17, 15) is 0 Å². The van der Waals surface area contributed by atoms with E-state index in [2.05, 4.69) is 62.9 Å². The molecular formula is C25H19N7. The molecule has 6 aromatic rings. The second-order valence-corrected chi connectivity index (χ2v) is 7.60. The number of nitrogens with zero attached hydrogens (tertiary/aromatic N) is 5. The van der Waals surface area contributed by atoms with Gasteiger partial charge in [-0.25, -0.2) is 4.98 Å². The van der Waals surface area contributed by atoms with E-state index >= 15 is 0 Å². The highest BCUT2D eigenvalue weighted by atomic mass is 15.3. The van der Waals surface area contributed by atoms with Crippen LogP contribution in [0.25, 0.3) is 50.3 Å². The van der Waals surface area contributed by atoms with E-state index < -0.39 is 0 Å². The van der Waals surface area contributed by atoms with Crippen LogP contribution >= 0.6 is 0 Å². The van der Waals surface area contributed by atoms with Crippen molar-refractivity contribution >= 4 is 16.6 Å². The maximum atomic E-state index is 5.79. The number of nitrogens with one attached hydrogen (secondary N) is 1. The lowest BCUT2D eigenvalue weighted by atomic mass is 9.97. The van der Waals surface area contributed by atoms with Gasteiger partial charge >= 0.3 is 0 Å². The van der Waals surface area contributed by atoms with Crippen LogP contribution in [0.1, 0.15) is 5.56 Å². The van der Waals surface area contributed by atoms with Crippen LogP contribution in [0.3, 0.4) is 0 Å². The van der Waals surface area contributed by atoms with Gasteiger partial charge in [0.1, 0.15) is 0 Å². The smallest absolute Gasteiger partial charge is 0.171 e. The van der Waals surface area contributed by atoms with Crippen molar-refractivity contribution in [3.05, 3.63) is 90.9 Å². The summed E-state index contributed by atoms with van der Waals surface area (Å²) in [5, 5.41) is 16.7. The lowest BCUT2D eigenvalue weighted by Crippen LogP contribution is -1.97. The highest BCUT2D eigenvalue weighted by Gasteiger charge is 2.16. The van der Waals surface area contributed by atoms with Crippen molar-refractivity contribution in [2.75, 3.05) is 0 Å². The van der Waals surface area contributed by atoms with Crippen molar-refractivity contribution < 1.29 is 0 Å². The van der Waals surface area contributed by atoms with Gasteiger partial charge in [-0.1, -0.05) is 54.6 Å². The Balaban J connectivity index is 1.63. The number of hydrogen-bond acceptors (Lipinski definition) is 5. The Kier molecular flexibility index (Phi) is 4.26. The van der Waals surface area contributed by atoms with Gasteiger partial charge in [-0.3, -0.25) is 9.50 Å². The summed E-state index contributed by atoms with van der Waals surface area (Å²) in [6.07, 6.45) is 5.50. The third-order valence-electron chi connectivity index (χ3n) is 5.67. The van der Waals surface area contributed by atoms with Gasteiger partial charge in [0.2, 0.25) is 0 Å². The Hall–Kier alpha value is -4.36. The molecule has 4 aromatic heterocycles. The molecule has 6 rings (SSSR count). The Morgan fingerprint density at radius 2 is 1.72 bits per heavy atom. The van der Waals surface area contributed by atoms with Crippen LogP contribution in [0.4, 0.5) is 0 Å². The molecule has 0 atom stereocenters. The summed E-state index contributed by atoms with van der Waals surface area (Å²) >= 11 is 0. The first-order chi connectivity index (χ1) is 15.8. The fourth-order valence-corrected chi connectivity index (χ4v) is 4.02. The predicted octanol–water partition coefficient (Wildman–Crippen LogP) is 4.46. The Labute approximate surface area is 183 Å². The number of pyridine rings is 2. The number of hydrogen-bond donors (Lipinski definition) is 2. The topological polar surface area (TPSA) is 97.8 Å². The Bertz CT molecular complexity index is 1530. The molecule has 7 nitrogen and oxygen atoms in total. The van der Waals surface area contributed by atoms with Crippen molar-refractivity contribution in [2.24, 2.45) is 5.73 Å². The summed E-state index contributed by atoms with van der Waals surface area (Å²) in [7, 11) is 0.